The van der Waals surface area contributed by atoms with Crippen LogP contribution in [0.4, 0.5) is 5.69 Å². The van der Waals surface area contributed by atoms with E-state index in [2.05, 4.69) is 0 Å². The summed E-state index contributed by atoms with van der Waals surface area (Å²) in [5.74, 6) is -1.13. The fourth-order valence-electron chi connectivity index (χ4n) is 4.31. The first-order chi connectivity index (χ1) is 14.4. The number of hydrogen-bond acceptors (Lipinski definition) is 4. The number of rotatable bonds is 4. The molecule has 1 N–H and O–H groups in total. The fourth-order valence-corrected chi connectivity index (χ4v) is 4.51. The number of amides is 1. The number of para-hydroxylation sites is 1. The van der Waals surface area contributed by atoms with Crippen LogP contribution in [0.15, 0.2) is 53.7 Å². The van der Waals surface area contributed by atoms with Gasteiger partial charge < -0.3 is 9.84 Å². The molecular weight excluding hydrogens is 406 g/mol. The average Bonchev–Trinajstić information content (AvgIpc) is 2.74. The van der Waals surface area contributed by atoms with E-state index in [1.54, 1.807) is 7.11 Å². The molecule has 0 bridgehead atoms. The van der Waals surface area contributed by atoms with Gasteiger partial charge in [0, 0.05) is 35.6 Å². The molecule has 6 nitrogen and oxygen atoms in total. The summed E-state index contributed by atoms with van der Waals surface area (Å²) in [6.45, 7) is 0. The van der Waals surface area contributed by atoms with Gasteiger partial charge in [0.05, 0.1) is 23.4 Å². The Hall–Kier alpha value is -3.12. The van der Waals surface area contributed by atoms with Crippen molar-refractivity contribution in [2.24, 2.45) is 0 Å². The number of carbonyl (C=O) groups is 3. The van der Waals surface area contributed by atoms with Crippen LogP contribution in [0.3, 0.4) is 0 Å². The molecule has 0 saturated carbocycles. The van der Waals surface area contributed by atoms with Crippen LogP contribution in [0, 0.1) is 0 Å². The number of nitrogens with zero attached hydrogens (tertiary/aromatic N) is 1. The highest BCUT2D eigenvalue weighted by atomic mass is 35.5. The van der Waals surface area contributed by atoms with Crippen LogP contribution in [-0.2, 0) is 9.59 Å². The van der Waals surface area contributed by atoms with Gasteiger partial charge in [0.1, 0.15) is 5.75 Å². The predicted molar refractivity (Wildman–Crippen MR) is 112 cm³/mol. The summed E-state index contributed by atoms with van der Waals surface area (Å²) in [6.07, 6.45) is 1.64. The quantitative estimate of drug-likeness (QED) is 0.775. The Kier molecular flexibility index (Phi) is 5.35. The van der Waals surface area contributed by atoms with E-state index in [4.69, 9.17) is 16.3 Å². The molecule has 1 aliphatic carbocycles. The summed E-state index contributed by atoms with van der Waals surface area (Å²) in [5, 5.41) is 9.62. The number of carbonyl (C=O) groups excluding carboxylic acids is 2. The van der Waals surface area contributed by atoms with Gasteiger partial charge in [0.25, 0.3) is 0 Å². The van der Waals surface area contributed by atoms with Crippen molar-refractivity contribution < 1.29 is 24.2 Å². The summed E-state index contributed by atoms with van der Waals surface area (Å²) in [4.78, 5) is 39.2. The monoisotopic (exact) mass is 425 g/mol. The van der Waals surface area contributed by atoms with Crippen molar-refractivity contribution in [2.45, 2.75) is 31.6 Å². The van der Waals surface area contributed by atoms with Crippen molar-refractivity contribution in [3.8, 4) is 5.75 Å². The minimum atomic E-state index is -1.11. The van der Waals surface area contributed by atoms with Gasteiger partial charge in [-0.1, -0.05) is 29.8 Å². The maximum atomic E-state index is 13.3. The number of anilines is 1. The average molecular weight is 426 g/mol. The first kappa shape index (κ1) is 20.2. The van der Waals surface area contributed by atoms with Crippen LogP contribution in [-0.4, -0.2) is 29.9 Å². The number of carboxylic acids is 1. The fraction of sp³-hybridized carbons (Fsp3) is 0.261. The van der Waals surface area contributed by atoms with Crippen molar-refractivity contribution in [3.63, 3.8) is 0 Å². The van der Waals surface area contributed by atoms with Gasteiger partial charge >= 0.3 is 5.97 Å². The van der Waals surface area contributed by atoms with Crippen molar-refractivity contribution in [2.75, 3.05) is 12.0 Å². The number of ketones is 1. The van der Waals surface area contributed by atoms with E-state index in [1.165, 1.54) is 23.1 Å². The molecule has 0 aromatic heterocycles. The zero-order chi connectivity index (χ0) is 21.4. The Bertz CT molecular complexity index is 1090. The summed E-state index contributed by atoms with van der Waals surface area (Å²) < 4.78 is 5.48. The van der Waals surface area contributed by atoms with Crippen molar-refractivity contribution in [1.82, 2.24) is 0 Å². The minimum absolute atomic E-state index is 0.00447. The Morgan fingerprint density at radius 3 is 2.67 bits per heavy atom. The van der Waals surface area contributed by atoms with Gasteiger partial charge in [0.2, 0.25) is 5.91 Å². The van der Waals surface area contributed by atoms with Crippen molar-refractivity contribution >= 4 is 34.9 Å². The van der Waals surface area contributed by atoms with Crippen LogP contribution < -0.4 is 9.64 Å². The van der Waals surface area contributed by atoms with Gasteiger partial charge in [-0.15, -0.1) is 0 Å². The summed E-state index contributed by atoms with van der Waals surface area (Å²) in [7, 11) is 1.56. The number of benzene rings is 2. The minimum Gasteiger partial charge on any atom is -0.496 e. The third-order valence-electron chi connectivity index (χ3n) is 5.62. The smallest absolute Gasteiger partial charge is 0.335 e. The topological polar surface area (TPSA) is 83.9 Å². The molecule has 1 atom stereocenters. The molecule has 4 rings (SSSR count). The van der Waals surface area contributed by atoms with Crippen LogP contribution >= 0.6 is 11.6 Å². The Balaban J connectivity index is 1.91. The Morgan fingerprint density at radius 1 is 1.17 bits per heavy atom. The number of allylic oxidation sites excluding steroid dienone is 2. The molecule has 154 valence electrons. The first-order valence-electron chi connectivity index (χ1n) is 9.67. The van der Waals surface area contributed by atoms with E-state index in [-0.39, 0.29) is 28.7 Å². The van der Waals surface area contributed by atoms with E-state index in [0.29, 0.717) is 42.0 Å². The van der Waals surface area contributed by atoms with Gasteiger partial charge in [-0.3, -0.25) is 14.5 Å². The standard InChI is InChI=1S/C23H20ClNO5/c1-30-20-8-3-2-5-14(20)15-12-21(27)25(17-6-4-7-19(26)22(15)17)18-11-13(23(28)29)9-10-16(18)24/h2-3,5,8-11,15H,4,6-7,12H2,1H3,(H,28,29). The van der Waals surface area contributed by atoms with E-state index in [9.17, 15) is 19.5 Å². The van der Waals surface area contributed by atoms with Gasteiger partial charge in [-0.25, -0.2) is 4.79 Å². The lowest BCUT2D eigenvalue weighted by Gasteiger charge is -2.39. The first-order valence-corrected chi connectivity index (χ1v) is 10.0. The molecule has 30 heavy (non-hydrogen) atoms. The number of Topliss-reactive ketones (excluding diaryl/α,β-unsaturated/α-hetero) is 1. The zero-order valence-corrected chi connectivity index (χ0v) is 17.1. The lowest BCUT2D eigenvalue weighted by Crippen LogP contribution is -2.40. The van der Waals surface area contributed by atoms with E-state index in [1.807, 2.05) is 24.3 Å². The van der Waals surface area contributed by atoms with Gasteiger partial charge in [-0.05, 0) is 37.1 Å². The largest absolute Gasteiger partial charge is 0.496 e. The number of halogens is 1. The predicted octanol–water partition coefficient (Wildman–Crippen LogP) is 4.57. The number of ether oxygens (including phenoxy) is 1. The van der Waals surface area contributed by atoms with Gasteiger partial charge in [-0.2, -0.15) is 0 Å². The second kappa shape index (κ2) is 7.95. The summed E-state index contributed by atoms with van der Waals surface area (Å²) >= 11 is 6.35. The number of hydrogen-bond donors (Lipinski definition) is 1. The lowest BCUT2D eigenvalue weighted by atomic mass is 9.77. The second-order valence-corrected chi connectivity index (χ2v) is 7.74. The van der Waals surface area contributed by atoms with Crippen LogP contribution in [0.1, 0.15) is 47.5 Å². The van der Waals surface area contributed by atoms with Crippen molar-refractivity contribution in [1.29, 1.82) is 0 Å². The van der Waals surface area contributed by atoms with Crippen molar-refractivity contribution in [3.05, 3.63) is 69.9 Å². The Labute approximate surface area is 178 Å². The number of aromatic carboxylic acids is 1. The Morgan fingerprint density at radius 2 is 1.93 bits per heavy atom. The molecule has 0 radical (unpaired) electrons. The molecule has 0 saturated heterocycles. The molecular formula is C23H20ClNO5. The molecule has 2 aliphatic rings. The highest BCUT2D eigenvalue weighted by Crippen LogP contribution is 2.46. The maximum absolute atomic E-state index is 13.3. The third kappa shape index (κ3) is 3.37. The van der Waals surface area contributed by atoms with Crippen LogP contribution in [0.25, 0.3) is 0 Å². The molecule has 0 spiro atoms. The highest BCUT2D eigenvalue weighted by molar-refractivity contribution is 6.34. The zero-order valence-electron chi connectivity index (χ0n) is 16.4. The summed E-state index contributed by atoms with van der Waals surface area (Å²) in [5.41, 5.74) is 2.30. The molecule has 1 amide bonds. The number of carboxylic acid groups (broad SMARTS) is 1. The highest BCUT2D eigenvalue weighted by Gasteiger charge is 2.41. The molecule has 7 heteroatoms. The normalized spacial score (nSPS) is 19.0. The molecule has 1 unspecified atom stereocenters. The molecule has 1 aliphatic heterocycles. The van der Waals surface area contributed by atoms with E-state index in [0.717, 1.165) is 5.56 Å². The summed E-state index contributed by atoms with van der Waals surface area (Å²) in [6, 6.07) is 11.6. The lowest BCUT2D eigenvalue weighted by molar-refractivity contribution is -0.119. The molecule has 0 fully saturated rings. The van der Waals surface area contributed by atoms with Crippen LogP contribution in [0.2, 0.25) is 5.02 Å². The molecule has 2 aromatic rings. The molecule has 2 aromatic carbocycles. The van der Waals surface area contributed by atoms with E-state index < -0.39 is 11.9 Å². The van der Waals surface area contributed by atoms with E-state index >= 15 is 0 Å². The van der Waals surface area contributed by atoms with Crippen LogP contribution in [0.5, 0.6) is 5.75 Å². The second-order valence-electron chi connectivity index (χ2n) is 7.34. The maximum Gasteiger partial charge on any atom is 0.335 e. The number of methoxy groups -OCH3 is 1. The SMILES string of the molecule is COc1ccccc1C1CC(=O)N(c2cc(C(=O)O)ccc2Cl)C2=C1C(=O)CCC2. The molecule has 1 heterocycles. The van der Waals surface area contributed by atoms with Gasteiger partial charge in [0.15, 0.2) is 5.78 Å². The third-order valence-corrected chi connectivity index (χ3v) is 5.94.